The normalized spacial score (nSPS) is 11.6. The molecule has 0 aliphatic rings. The molecule has 1 aromatic rings. The van der Waals surface area contributed by atoms with Crippen LogP contribution in [0.5, 0.6) is 5.75 Å². The van der Waals surface area contributed by atoms with Crippen molar-refractivity contribution in [3.8, 4) is 5.75 Å². The molecule has 78 valence electrons. The van der Waals surface area contributed by atoms with Crippen molar-refractivity contribution in [3.63, 3.8) is 0 Å². The molecule has 0 bridgehead atoms. The number of rotatable bonds is 1. The molecule has 0 saturated heterocycles. The molecule has 0 aromatic heterocycles. The van der Waals surface area contributed by atoms with E-state index in [2.05, 4.69) is 4.74 Å². The van der Waals surface area contributed by atoms with Crippen molar-refractivity contribution in [2.45, 2.75) is 6.36 Å². The van der Waals surface area contributed by atoms with Crippen LogP contribution in [0, 0.1) is 11.6 Å². The largest absolute Gasteiger partial charge is 0.573 e. The Hall–Kier alpha value is -1.04. The molecular formula is C7H2ClF5O. The van der Waals surface area contributed by atoms with E-state index in [1.807, 2.05) is 0 Å². The number of hydrogen-bond acceptors (Lipinski definition) is 1. The van der Waals surface area contributed by atoms with Crippen LogP contribution in [-0.2, 0) is 0 Å². The SMILES string of the molecule is Fc1cc(Cl)c(OC(F)(F)F)cc1F. The molecule has 14 heavy (non-hydrogen) atoms. The first kappa shape index (κ1) is 11.0. The van der Waals surface area contributed by atoms with Gasteiger partial charge in [0.15, 0.2) is 17.4 Å². The second-order valence-electron chi connectivity index (χ2n) is 2.24. The predicted octanol–water partition coefficient (Wildman–Crippen LogP) is 3.52. The van der Waals surface area contributed by atoms with Crippen molar-refractivity contribution in [2.75, 3.05) is 0 Å². The summed E-state index contributed by atoms with van der Waals surface area (Å²) in [7, 11) is 0. The summed E-state index contributed by atoms with van der Waals surface area (Å²) in [6.45, 7) is 0. The smallest absolute Gasteiger partial charge is 0.404 e. The molecule has 0 N–H and O–H groups in total. The van der Waals surface area contributed by atoms with E-state index in [0.717, 1.165) is 0 Å². The summed E-state index contributed by atoms with van der Waals surface area (Å²) in [5, 5.41) is -0.652. The Kier molecular flexibility index (Phi) is 2.84. The lowest BCUT2D eigenvalue weighted by atomic mass is 10.3. The minimum absolute atomic E-state index is 0.227. The van der Waals surface area contributed by atoms with Gasteiger partial charge in [-0.2, -0.15) is 0 Å². The van der Waals surface area contributed by atoms with Crippen LogP contribution in [0.25, 0.3) is 0 Å². The highest BCUT2D eigenvalue weighted by atomic mass is 35.5. The van der Waals surface area contributed by atoms with Crippen LogP contribution >= 0.6 is 11.6 Å². The Morgan fingerprint density at radius 1 is 1.07 bits per heavy atom. The highest BCUT2D eigenvalue weighted by Gasteiger charge is 2.32. The average molecular weight is 233 g/mol. The molecule has 1 rings (SSSR count). The van der Waals surface area contributed by atoms with E-state index in [0.29, 0.717) is 6.07 Å². The fourth-order valence-electron chi connectivity index (χ4n) is 0.707. The third-order valence-corrected chi connectivity index (χ3v) is 1.50. The zero-order chi connectivity index (χ0) is 10.9. The molecule has 0 unspecified atom stereocenters. The molecule has 0 atom stereocenters. The average Bonchev–Trinajstić information content (AvgIpc) is 1.97. The van der Waals surface area contributed by atoms with Crippen LogP contribution < -0.4 is 4.74 Å². The van der Waals surface area contributed by atoms with E-state index >= 15 is 0 Å². The molecule has 0 aliphatic carbocycles. The first-order valence-electron chi connectivity index (χ1n) is 3.20. The van der Waals surface area contributed by atoms with Crippen LogP contribution in [0.2, 0.25) is 5.02 Å². The third kappa shape index (κ3) is 2.73. The predicted molar refractivity (Wildman–Crippen MR) is 38.1 cm³/mol. The lowest BCUT2D eigenvalue weighted by molar-refractivity contribution is -0.274. The lowest BCUT2D eigenvalue weighted by Crippen LogP contribution is -2.17. The molecule has 0 saturated carbocycles. The summed E-state index contributed by atoms with van der Waals surface area (Å²) in [6.07, 6.45) is -4.99. The van der Waals surface area contributed by atoms with Crippen LogP contribution in [-0.4, -0.2) is 6.36 Å². The van der Waals surface area contributed by atoms with Gasteiger partial charge in [-0.05, 0) is 6.07 Å². The van der Waals surface area contributed by atoms with Gasteiger partial charge >= 0.3 is 6.36 Å². The molecule has 0 radical (unpaired) electrons. The highest BCUT2D eigenvalue weighted by molar-refractivity contribution is 6.32. The fourth-order valence-corrected chi connectivity index (χ4v) is 0.896. The van der Waals surface area contributed by atoms with Gasteiger partial charge in [0.2, 0.25) is 0 Å². The topological polar surface area (TPSA) is 9.23 Å². The summed E-state index contributed by atoms with van der Waals surface area (Å²) >= 11 is 5.18. The lowest BCUT2D eigenvalue weighted by Gasteiger charge is -2.10. The monoisotopic (exact) mass is 232 g/mol. The maximum absolute atomic E-state index is 12.5. The molecule has 0 aliphatic heterocycles. The summed E-state index contributed by atoms with van der Waals surface area (Å²) < 4.78 is 63.1. The van der Waals surface area contributed by atoms with Gasteiger partial charge in [0.1, 0.15) is 0 Å². The van der Waals surface area contributed by atoms with E-state index in [9.17, 15) is 22.0 Å². The van der Waals surface area contributed by atoms with Crippen LogP contribution in [0.4, 0.5) is 22.0 Å². The molecule has 1 nitrogen and oxygen atoms in total. The Morgan fingerprint density at radius 3 is 2.07 bits per heavy atom. The number of halogens is 6. The summed E-state index contributed by atoms with van der Waals surface area (Å²) in [6, 6.07) is 0.628. The first-order valence-corrected chi connectivity index (χ1v) is 3.57. The van der Waals surface area contributed by atoms with Crippen LogP contribution in [0.15, 0.2) is 12.1 Å². The van der Waals surface area contributed by atoms with Gasteiger partial charge < -0.3 is 4.74 Å². The third-order valence-electron chi connectivity index (χ3n) is 1.20. The molecule has 0 heterocycles. The zero-order valence-corrected chi connectivity index (χ0v) is 7.09. The standard InChI is InChI=1S/C7H2ClF5O/c8-3-1-4(9)5(10)2-6(3)14-7(11,12)13/h1-2H. The van der Waals surface area contributed by atoms with Crippen molar-refractivity contribution < 1.29 is 26.7 Å². The van der Waals surface area contributed by atoms with E-state index in [1.54, 1.807) is 0 Å². The number of ether oxygens (including phenoxy) is 1. The molecule has 7 heteroatoms. The Morgan fingerprint density at radius 2 is 1.57 bits per heavy atom. The van der Waals surface area contributed by atoms with E-state index in [4.69, 9.17) is 11.6 Å². The van der Waals surface area contributed by atoms with E-state index in [1.165, 1.54) is 0 Å². The fraction of sp³-hybridized carbons (Fsp3) is 0.143. The first-order chi connectivity index (χ1) is 6.29. The van der Waals surface area contributed by atoms with Crippen molar-refractivity contribution in [2.24, 2.45) is 0 Å². The van der Waals surface area contributed by atoms with E-state index in [-0.39, 0.29) is 6.07 Å². The summed E-state index contributed by atoms with van der Waals surface area (Å²) in [5.74, 6) is -3.78. The molecular weight excluding hydrogens is 231 g/mol. The second kappa shape index (κ2) is 3.61. The molecule has 0 amide bonds. The van der Waals surface area contributed by atoms with Crippen LogP contribution in [0.1, 0.15) is 0 Å². The maximum atomic E-state index is 12.5. The second-order valence-corrected chi connectivity index (χ2v) is 2.65. The summed E-state index contributed by atoms with van der Waals surface area (Å²) in [5.41, 5.74) is 0. The number of hydrogen-bond donors (Lipinski definition) is 0. The van der Waals surface area contributed by atoms with Gasteiger partial charge in [0, 0.05) is 6.07 Å². The molecule has 1 aromatic carbocycles. The van der Waals surface area contributed by atoms with Gasteiger partial charge in [-0.1, -0.05) is 11.6 Å². The summed E-state index contributed by atoms with van der Waals surface area (Å²) in [4.78, 5) is 0. The maximum Gasteiger partial charge on any atom is 0.573 e. The Balaban J connectivity index is 3.04. The van der Waals surface area contributed by atoms with Gasteiger partial charge in [-0.15, -0.1) is 13.2 Å². The Labute approximate surface area is 80.0 Å². The van der Waals surface area contributed by atoms with E-state index < -0.39 is 28.8 Å². The number of benzene rings is 1. The zero-order valence-electron chi connectivity index (χ0n) is 6.33. The minimum Gasteiger partial charge on any atom is -0.404 e. The van der Waals surface area contributed by atoms with Crippen molar-refractivity contribution in [1.29, 1.82) is 0 Å². The Bertz CT molecular complexity index is 349. The van der Waals surface area contributed by atoms with Gasteiger partial charge in [0.05, 0.1) is 5.02 Å². The van der Waals surface area contributed by atoms with Gasteiger partial charge in [-0.3, -0.25) is 0 Å². The van der Waals surface area contributed by atoms with Crippen LogP contribution in [0.3, 0.4) is 0 Å². The quantitative estimate of drug-likeness (QED) is 0.532. The number of alkyl halides is 3. The minimum atomic E-state index is -4.99. The molecule has 0 fully saturated rings. The van der Waals surface area contributed by atoms with Crippen molar-refractivity contribution in [1.82, 2.24) is 0 Å². The highest BCUT2D eigenvalue weighted by Crippen LogP contribution is 2.31. The van der Waals surface area contributed by atoms with Crippen molar-refractivity contribution in [3.05, 3.63) is 28.8 Å². The van der Waals surface area contributed by atoms with Gasteiger partial charge in [-0.25, -0.2) is 8.78 Å². The van der Waals surface area contributed by atoms with Crippen molar-refractivity contribution >= 4 is 11.6 Å². The molecule has 0 spiro atoms. The van der Waals surface area contributed by atoms with Gasteiger partial charge in [0.25, 0.3) is 0 Å².